The summed E-state index contributed by atoms with van der Waals surface area (Å²) in [6.45, 7) is 3.31. The molecule has 0 atom stereocenters. The maximum absolute atomic E-state index is 12.7. The third-order valence-corrected chi connectivity index (χ3v) is 5.14. The molecule has 1 heterocycles. The monoisotopic (exact) mass is 418 g/mol. The summed E-state index contributed by atoms with van der Waals surface area (Å²) in [5, 5.41) is 0.957. The van der Waals surface area contributed by atoms with Crippen molar-refractivity contribution in [3.8, 4) is 0 Å². The van der Waals surface area contributed by atoms with Gasteiger partial charge in [0.25, 0.3) is 0 Å². The van der Waals surface area contributed by atoms with E-state index in [2.05, 4.69) is 41.1 Å². The van der Waals surface area contributed by atoms with E-state index < -0.39 is 0 Å². The third kappa shape index (κ3) is 5.19. The number of carbonyl (C=O) groups is 1. The Hall–Kier alpha value is -1.59. The fourth-order valence-electron chi connectivity index (χ4n) is 2.68. The molecule has 0 bridgehead atoms. The van der Waals surface area contributed by atoms with Crippen LogP contribution in [0.15, 0.2) is 59.6 Å². The van der Waals surface area contributed by atoms with Crippen LogP contribution in [-0.2, 0) is 6.42 Å². The Morgan fingerprint density at radius 2 is 1.96 bits per heavy atom. The summed E-state index contributed by atoms with van der Waals surface area (Å²) in [7, 11) is 0. The second-order valence-corrected chi connectivity index (χ2v) is 6.83. The Kier molecular flexibility index (Phi) is 7.72. The van der Waals surface area contributed by atoms with Crippen molar-refractivity contribution in [2.45, 2.75) is 19.8 Å². The summed E-state index contributed by atoms with van der Waals surface area (Å²) in [5.41, 5.74) is 3.06. The third-order valence-electron chi connectivity index (χ3n) is 4.04. The van der Waals surface area contributed by atoms with Crippen molar-refractivity contribution >= 4 is 45.4 Å². The number of aliphatic imine (C=N–C) groups is 1. The zero-order valence-electron chi connectivity index (χ0n) is 14.4. The highest BCUT2D eigenvalue weighted by Gasteiger charge is 2.20. The van der Waals surface area contributed by atoms with E-state index in [1.54, 1.807) is 11.8 Å². The Morgan fingerprint density at radius 3 is 2.64 bits per heavy atom. The lowest BCUT2D eigenvalue weighted by Crippen LogP contribution is -2.35. The fraction of sp³-hybridized carbons (Fsp3) is 0.300. The van der Waals surface area contributed by atoms with Crippen LogP contribution in [0.5, 0.6) is 0 Å². The molecule has 132 valence electrons. The van der Waals surface area contributed by atoms with Crippen molar-refractivity contribution in [1.29, 1.82) is 0 Å². The molecule has 0 spiro atoms. The molecule has 0 unspecified atom stereocenters. The van der Waals surface area contributed by atoms with Gasteiger partial charge in [-0.3, -0.25) is 9.79 Å². The van der Waals surface area contributed by atoms with Gasteiger partial charge in [0, 0.05) is 23.5 Å². The van der Waals surface area contributed by atoms with Gasteiger partial charge in [-0.05, 0) is 30.5 Å². The molecule has 0 aromatic heterocycles. The zero-order valence-corrected chi connectivity index (χ0v) is 16.9. The Bertz CT molecular complexity index is 733. The predicted molar refractivity (Wildman–Crippen MR) is 114 cm³/mol. The molecule has 5 heteroatoms. The maximum Gasteiger partial charge on any atom is 0.182 e. The smallest absolute Gasteiger partial charge is 0.182 e. The van der Waals surface area contributed by atoms with Crippen LogP contribution in [0.1, 0.15) is 29.3 Å². The number of aryl methyl sites for hydroxylation is 1. The van der Waals surface area contributed by atoms with Crippen molar-refractivity contribution in [2.24, 2.45) is 4.99 Å². The summed E-state index contributed by atoms with van der Waals surface area (Å²) in [4.78, 5) is 19.4. The first kappa shape index (κ1) is 19.7. The van der Waals surface area contributed by atoms with Crippen LogP contribution in [0.2, 0.25) is 0 Å². The van der Waals surface area contributed by atoms with E-state index in [1.165, 1.54) is 5.56 Å². The topological polar surface area (TPSA) is 32.7 Å². The number of anilines is 1. The summed E-state index contributed by atoms with van der Waals surface area (Å²) in [5.74, 6) is 1.17. The number of amidine groups is 1. The Balaban J connectivity index is 0.00000225. The molecule has 3 nitrogen and oxygen atoms in total. The molecule has 0 amide bonds. The number of benzene rings is 2. The van der Waals surface area contributed by atoms with Gasteiger partial charge in [0.2, 0.25) is 0 Å². The minimum absolute atomic E-state index is 0. The predicted octanol–water partition coefficient (Wildman–Crippen LogP) is 5.01. The SMILES string of the molecule is Br.CCc1cccc(N(CC(=O)c2ccccc2)C2=NCCCS2)c1. The summed E-state index contributed by atoms with van der Waals surface area (Å²) >= 11 is 1.74. The molecule has 2 aromatic rings. The number of hydrogen-bond acceptors (Lipinski definition) is 4. The number of halogens is 1. The molecule has 0 saturated heterocycles. The lowest BCUT2D eigenvalue weighted by molar-refractivity contribution is 0.100. The molecule has 1 aliphatic heterocycles. The number of thioether (sulfide) groups is 1. The van der Waals surface area contributed by atoms with Gasteiger partial charge in [0.15, 0.2) is 11.0 Å². The number of nitrogens with zero attached hydrogens (tertiary/aromatic N) is 2. The van der Waals surface area contributed by atoms with Gasteiger partial charge in [0.1, 0.15) is 0 Å². The summed E-state index contributed by atoms with van der Waals surface area (Å²) in [6.07, 6.45) is 2.08. The second-order valence-electron chi connectivity index (χ2n) is 5.77. The molecular formula is C20H23BrN2OS. The van der Waals surface area contributed by atoms with E-state index in [0.717, 1.165) is 41.6 Å². The van der Waals surface area contributed by atoms with Gasteiger partial charge in [-0.15, -0.1) is 17.0 Å². The number of Topliss-reactive ketones (excluding diaryl/α,β-unsaturated/α-hetero) is 1. The minimum atomic E-state index is 0. The number of ketones is 1. The second kappa shape index (κ2) is 9.78. The van der Waals surface area contributed by atoms with E-state index in [-0.39, 0.29) is 22.8 Å². The quantitative estimate of drug-likeness (QED) is 0.639. The Labute approximate surface area is 164 Å². The first-order valence-corrected chi connectivity index (χ1v) is 9.38. The summed E-state index contributed by atoms with van der Waals surface area (Å²) in [6, 6.07) is 17.9. The normalized spacial score (nSPS) is 13.6. The first-order chi connectivity index (χ1) is 11.8. The van der Waals surface area contributed by atoms with E-state index >= 15 is 0 Å². The maximum atomic E-state index is 12.7. The molecule has 3 rings (SSSR count). The van der Waals surface area contributed by atoms with E-state index in [0.29, 0.717) is 6.54 Å². The van der Waals surface area contributed by atoms with Crippen LogP contribution in [0, 0.1) is 0 Å². The fourth-order valence-corrected chi connectivity index (χ4v) is 3.65. The van der Waals surface area contributed by atoms with Crippen molar-refractivity contribution in [3.63, 3.8) is 0 Å². The Morgan fingerprint density at radius 1 is 1.16 bits per heavy atom. The molecule has 0 radical (unpaired) electrons. The van der Waals surface area contributed by atoms with E-state index in [4.69, 9.17) is 0 Å². The van der Waals surface area contributed by atoms with Gasteiger partial charge in [-0.25, -0.2) is 0 Å². The van der Waals surface area contributed by atoms with Gasteiger partial charge in [-0.1, -0.05) is 61.2 Å². The largest absolute Gasteiger partial charge is 0.313 e. The molecule has 0 aliphatic carbocycles. The molecule has 25 heavy (non-hydrogen) atoms. The molecule has 0 N–H and O–H groups in total. The van der Waals surface area contributed by atoms with Crippen molar-refractivity contribution in [3.05, 3.63) is 65.7 Å². The van der Waals surface area contributed by atoms with Gasteiger partial charge in [0.05, 0.1) is 6.54 Å². The summed E-state index contributed by atoms with van der Waals surface area (Å²) < 4.78 is 0. The lowest BCUT2D eigenvalue weighted by Gasteiger charge is -2.27. The zero-order chi connectivity index (χ0) is 16.8. The standard InChI is InChI=1S/C20H22N2OS.BrH/c1-2-16-8-6-11-18(14-16)22(20-21-12-7-13-24-20)15-19(23)17-9-4-3-5-10-17;/h3-6,8-11,14H,2,7,12-13,15H2,1H3;1H. The van der Waals surface area contributed by atoms with Crippen LogP contribution in [-0.4, -0.2) is 29.8 Å². The first-order valence-electron chi connectivity index (χ1n) is 8.40. The van der Waals surface area contributed by atoms with Crippen LogP contribution >= 0.6 is 28.7 Å². The average Bonchev–Trinajstić information content (AvgIpc) is 2.67. The molecule has 0 saturated carbocycles. The van der Waals surface area contributed by atoms with Gasteiger partial charge in [-0.2, -0.15) is 0 Å². The van der Waals surface area contributed by atoms with Crippen LogP contribution in [0.3, 0.4) is 0 Å². The van der Waals surface area contributed by atoms with Crippen molar-refractivity contribution in [2.75, 3.05) is 23.7 Å². The van der Waals surface area contributed by atoms with E-state index in [9.17, 15) is 4.79 Å². The van der Waals surface area contributed by atoms with Gasteiger partial charge >= 0.3 is 0 Å². The van der Waals surface area contributed by atoms with Crippen molar-refractivity contribution in [1.82, 2.24) is 0 Å². The van der Waals surface area contributed by atoms with E-state index in [1.807, 2.05) is 30.3 Å². The number of rotatable bonds is 5. The average molecular weight is 419 g/mol. The number of hydrogen-bond donors (Lipinski definition) is 0. The van der Waals surface area contributed by atoms with Crippen LogP contribution in [0.4, 0.5) is 5.69 Å². The van der Waals surface area contributed by atoms with Gasteiger partial charge < -0.3 is 4.90 Å². The molecule has 0 fully saturated rings. The van der Waals surface area contributed by atoms with Crippen molar-refractivity contribution < 1.29 is 4.79 Å². The molecule has 1 aliphatic rings. The highest BCUT2D eigenvalue weighted by molar-refractivity contribution is 8.93. The van der Waals surface area contributed by atoms with Crippen LogP contribution < -0.4 is 4.90 Å². The highest BCUT2D eigenvalue weighted by Crippen LogP contribution is 2.24. The van der Waals surface area contributed by atoms with Crippen LogP contribution in [0.25, 0.3) is 0 Å². The lowest BCUT2D eigenvalue weighted by atomic mass is 10.1. The molecular weight excluding hydrogens is 396 g/mol. The number of carbonyl (C=O) groups excluding carboxylic acids is 1. The minimum Gasteiger partial charge on any atom is -0.313 e. The highest BCUT2D eigenvalue weighted by atomic mass is 79.9. The molecule has 2 aromatic carbocycles.